The summed E-state index contributed by atoms with van der Waals surface area (Å²) in [7, 11) is 0. The third kappa shape index (κ3) is 4.78. The lowest BCUT2D eigenvalue weighted by molar-refractivity contribution is 0.206. The first-order chi connectivity index (χ1) is 11.9. The second-order valence-corrected chi connectivity index (χ2v) is 7.45. The maximum absolute atomic E-state index is 14.2. The van der Waals surface area contributed by atoms with Gasteiger partial charge in [0.25, 0.3) is 0 Å². The van der Waals surface area contributed by atoms with E-state index in [4.69, 9.17) is 5.73 Å². The molecule has 3 rings (SSSR count). The number of guanidine groups is 1. The van der Waals surface area contributed by atoms with E-state index in [0.717, 1.165) is 12.8 Å². The van der Waals surface area contributed by atoms with Crippen LogP contribution in [0.2, 0.25) is 0 Å². The van der Waals surface area contributed by atoms with Crippen molar-refractivity contribution in [3.8, 4) is 0 Å². The molecule has 1 aromatic rings. The van der Waals surface area contributed by atoms with E-state index in [9.17, 15) is 4.39 Å². The van der Waals surface area contributed by atoms with Crippen LogP contribution in [0.15, 0.2) is 40.3 Å². The summed E-state index contributed by atoms with van der Waals surface area (Å²) in [4.78, 5) is 8.69. The highest BCUT2D eigenvalue weighted by Crippen LogP contribution is 2.32. The normalized spacial score (nSPS) is 22.4. The maximum atomic E-state index is 14.2. The van der Waals surface area contributed by atoms with Gasteiger partial charge in [0.2, 0.25) is 0 Å². The molecule has 1 aliphatic heterocycles. The molecule has 0 saturated heterocycles. The molecule has 2 atom stereocenters. The molecule has 1 aliphatic carbocycles. The van der Waals surface area contributed by atoms with Gasteiger partial charge in [-0.05, 0) is 51.0 Å². The first-order valence-electron chi connectivity index (χ1n) is 9.09. The minimum absolute atomic E-state index is 0.212. The number of hydrogen-bond acceptors (Lipinski definition) is 5. The van der Waals surface area contributed by atoms with Crippen molar-refractivity contribution < 1.29 is 4.39 Å². The summed E-state index contributed by atoms with van der Waals surface area (Å²) in [5.41, 5.74) is 5.58. The van der Waals surface area contributed by atoms with Crippen LogP contribution in [0.5, 0.6) is 0 Å². The Hall–Kier alpha value is -1.95. The maximum Gasteiger partial charge on any atom is 0.199 e. The lowest BCUT2D eigenvalue weighted by atomic mass is 9.78. The zero-order valence-electron chi connectivity index (χ0n) is 15.0. The molecule has 136 valence electrons. The number of rotatable bonds is 7. The van der Waals surface area contributed by atoms with Crippen LogP contribution < -0.4 is 16.4 Å². The molecule has 1 saturated carbocycles. The van der Waals surface area contributed by atoms with Crippen LogP contribution in [-0.4, -0.2) is 29.8 Å². The van der Waals surface area contributed by atoms with Gasteiger partial charge in [-0.15, -0.1) is 0 Å². The van der Waals surface area contributed by atoms with E-state index in [0.29, 0.717) is 12.0 Å². The second-order valence-electron chi connectivity index (χ2n) is 7.45. The Morgan fingerprint density at radius 2 is 2.00 bits per heavy atom. The minimum atomic E-state index is -1.57. The summed E-state index contributed by atoms with van der Waals surface area (Å²) >= 11 is 0. The molecule has 4 N–H and O–H groups in total. The number of hydrogen-bond donors (Lipinski definition) is 3. The Kier molecular flexibility index (Phi) is 5.37. The summed E-state index contributed by atoms with van der Waals surface area (Å²) < 4.78 is 14.2. The fraction of sp³-hybridized carbons (Fsp3) is 0.579. The van der Waals surface area contributed by atoms with Crippen LogP contribution >= 0.6 is 0 Å². The van der Waals surface area contributed by atoms with Crippen LogP contribution in [0, 0.1) is 5.92 Å². The van der Waals surface area contributed by atoms with Crippen LogP contribution in [0.3, 0.4) is 0 Å². The fourth-order valence-electron chi connectivity index (χ4n) is 3.30. The molecule has 5 nitrogen and oxygen atoms in total. The molecule has 1 heterocycles. The molecule has 2 unspecified atom stereocenters. The van der Waals surface area contributed by atoms with Crippen molar-refractivity contribution in [2.45, 2.75) is 64.0 Å². The minimum Gasteiger partial charge on any atom is -0.370 e. The largest absolute Gasteiger partial charge is 0.370 e. The third-order valence-corrected chi connectivity index (χ3v) is 4.99. The Balaban J connectivity index is 1.67. The number of amidine groups is 1. The van der Waals surface area contributed by atoms with Gasteiger partial charge in [-0.3, -0.25) is 5.32 Å². The summed E-state index contributed by atoms with van der Waals surface area (Å²) in [5, 5.41) is 6.24. The van der Waals surface area contributed by atoms with Gasteiger partial charge >= 0.3 is 0 Å². The van der Waals surface area contributed by atoms with Crippen LogP contribution in [0.25, 0.3) is 0 Å². The molecule has 25 heavy (non-hydrogen) atoms. The smallest absolute Gasteiger partial charge is 0.199 e. The first-order valence-corrected chi connectivity index (χ1v) is 9.09. The summed E-state index contributed by atoms with van der Waals surface area (Å²) in [5.74, 6) is 1.07. The average Bonchev–Trinajstić information content (AvgIpc) is 2.50. The zero-order valence-corrected chi connectivity index (χ0v) is 15.0. The average molecular weight is 345 g/mol. The van der Waals surface area contributed by atoms with Crippen molar-refractivity contribution in [1.82, 2.24) is 10.6 Å². The number of nitrogens with one attached hydrogen (secondary N) is 2. The van der Waals surface area contributed by atoms with Gasteiger partial charge in [0.1, 0.15) is 5.84 Å². The Bertz CT molecular complexity index is 631. The van der Waals surface area contributed by atoms with Crippen LogP contribution in [0.4, 0.5) is 4.39 Å². The lowest BCUT2D eigenvalue weighted by Crippen LogP contribution is -2.53. The fourth-order valence-corrected chi connectivity index (χ4v) is 3.30. The Labute approximate surface area is 149 Å². The van der Waals surface area contributed by atoms with Gasteiger partial charge in [-0.25, -0.2) is 14.4 Å². The number of aliphatic imine (C=N–C) groups is 2. The third-order valence-electron chi connectivity index (χ3n) is 4.99. The van der Waals surface area contributed by atoms with E-state index >= 15 is 0 Å². The van der Waals surface area contributed by atoms with Gasteiger partial charge in [0, 0.05) is 6.04 Å². The van der Waals surface area contributed by atoms with E-state index in [1.807, 2.05) is 6.07 Å². The van der Waals surface area contributed by atoms with E-state index in [1.165, 1.54) is 38.7 Å². The summed E-state index contributed by atoms with van der Waals surface area (Å²) in [6.07, 6.45) is 5.22. The van der Waals surface area contributed by atoms with E-state index in [-0.39, 0.29) is 11.8 Å². The van der Waals surface area contributed by atoms with Crippen molar-refractivity contribution in [2.75, 3.05) is 0 Å². The predicted octanol–water partition coefficient (Wildman–Crippen LogP) is 2.73. The molecule has 1 fully saturated rings. The van der Waals surface area contributed by atoms with E-state index in [2.05, 4.69) is 44.9 Å². The molecular formula is C19H28FN5. The van der Waals surface area contributed by atoms with Crippen molar-refractivity contribution in [1.29, 1.82) is 0 Å². The molecule has 1 aromatic carbocycles. The standard InChI is InChI=1S/C19H28FN5/c1-19(2,20)16-23-17(21)25-18(24-16)22-15(14-9-6-10-14)12-11-13-7-4-3-5-8-13/h3-5,7-8,14-15,18,22H,6,9-12H2,1-2H3,(H3,21,23,24,25). The highest BCUT2D eigenvalue weighted by atomic mass is 19.1. The SMILES string of the molecule is CC(C)(F)C1=NC(NC(CCc2ccccc2)C2CCC2)N=C(N)N1. The zero-order chi connectivity index (χ0) is 17.9. The molecule has 0 amide bonds. The summed E-state index contributed by atoms with van der Waals surface area (Å²) in [6.45, 7) is 2.93. The van der Waals surface area contributed by atoms with E-state index in [1.54, 1.807) is 0 Å². The number of halogens is 1. The van der Waals surface area contributed by atoms with Crippen LogP contribution in [-0.2, 0) is 6.42 Å². The van der Waals surface area contributed by atoms with Gasteiger partial charge < -0.3 is 11.1 Å². The molecule has 0 radical (unpaired) electrons. The molecule has 0 aromatic heterocycles. The van der Waals surface area contributed by atoms with Gasteiger partial charge in [-0.1, -0.05) is 36.8 Å². The molecule has 2 aliphatic rings. The number of nitrogens with two attached hydrogens (primary N) is 1. The van der Waals surface area contributed by atoms with Crippen molar-refractivity contribution in [2.24, 2.45) is 21.6 Å². The highest BCUT2D eigenvalue weighted by molar-refractivity contribution is 6.04. The van der Waals surface area contributed by atoms with E-state index < -0.39 is 12.0 Å². The first kappa shape index (κ1) is 17.9. The number of aryl methyl sites for hydroxylation is 1. The van der Waals surface area contributed by atoms with Gasteiger partial charge in [0.05, 0.1) is 0 Å². The molecule has 6 heteroatoms. The van der Waals surface area contributed by atoms with Crippen LogP contribution in [0.1, 0.15) is 45.1 Å². The number of alkyl halides is 1. The van der Waals surface area contributed by atoms with Crippen molar-refractivity contribution >= 4 is 11.8 Å². The highest BCUT2D eigenvalue weighted by Gasteiger charge is 2.32. The van der Waals surface area contributed by atoms with Gasteiger partial charge in [-0.2, -0.15) is 0 Å². The molecular weight excluding hydrogens is 317 g/mol. The molecule has 0 spiro atoms. The van der Waals surface area contributed by atoms with Crippen molar-refractivity contribution in [3.05, 3.63) is 35.9 Å². The lowest BCUT2D eigenvalue weighted by Gasteiger charge is -2.36. The topological polar surface area (TPSA) is 74.8 Å². The quantitative estimate of drug-likeness (QED) is 0.711. The predicted molar refractivity (Wildman–Crippen MR) is 100 cm³/mol. The Morgan fingerprint density at radius 1 is 1.28 bits per heavy atom. The molecule has 0 bridgehead atoms. The Morgan fingerprint density at radius 3 is 2.60 bits per heavy atom. The number of nitrogens with zero attached hydrogens (tertiary/aromatic N) is 2. The van der Waals surface area contributed by atoms with Gasteiger partial charge in [0.15, 0.2) is 17.9 Å². The van der Waals surface area contributed by atoms with Crippen molar-refractivity contribution in [3.63, 3.8) is 0 Å². The second kappa shape index (κ2) is 7.52. The summed E-state index contributed by atoms with van der Waals surface area (Å²) in [6, 6.07) is 10.8. The number of benzene rings is 1. The monoisotopic (exact) mass is 345 g/mol.